The SMILES string of the molecule is Cc1cnn(CC2CN(CC(=O)Nc3ccc(Cl)cn3)CCO2)c1. The number of morpholine rings is 1. The molecule has 1 fully saturated rings. The molecule has 1 aliphatic heterocycles. The predicted octanol–water partition coefficient (Wildman–Crippen LogP) is 1.58. The van der Waals surface area contributed by atoms with Gasteiger partial charge in [-0.25, -0.2) is 4.98 Å². The third-order valence-electron chi connectivity index (χ3n) is 3.74. The summed E-state index contributed by atoms with van der Waals surface area (Å²) in [5.41, 5.74) is 1.12. The fourth-order valence-electron chi connectivity index (χ4n) is 2.65. The van der Waals surface area contributed by atoms with Gasteiger partial charge in [0.2, 0.25) is 5.91 Å². The van der Waals surface area contributed by atoms with Crippen LogP contribution in [-0.4, -0.2) is 57.9 Å². The van der Waals surface area contributed by atoms with Crippen LogP contribution < -0.4 is 5.32 Å². The minimum absolute atomic E-state index is 0.0273. The minimum Gasteiger partial charge on any atom is -0.374 e. The normalized spacial score (nSPS) is 18.5. The quantitative estimate of drug-likeness (QED) is 0.887. The highest BCUT2D eigenvalue weighted by molar-refractivity contribution is 6.30. The Morgan fingerprint density at radius 2 is 2.33 bits per heavy atom. The Balaban J connectivity index is 1.49. The summed E-state index contributed by atoms with van der Waals surface area (Å²) >= 11 is 5.78. The number of aryl methyl sites for hydroxylation is 1. The van der Waals surface area contributed by atoms with Crippen molar-refractivity contribution < 1.29 is 9.53 Å². The van der Waals surface area contributed by atoms with Gasteiger partial charge in [0, 0.05) is 25.5 Å². The summed E-state index contributed by atoms with van der Waals surface area (Å²) in [6.07, 6.45) is 5.35. The Labute approximate surface area is 145 Å². The predicted molar refractivity (Wildman–Crippen MR) is 91.0 cm³/mol. The summed E-state index contributed by atoms with van der Waals surface area (Å²) in [7, 11) is 0. The molecule has 24 heavy (non-hydrogen) atoms. The molecule has 1 saturated heterocycles. The lowest BCUT2D eigenvalue weighted by Crippen LogP contribution is -2.47. The Kier molecular flexibility index (Phi) is 5.44. The number of nitrogens with one attached hydrogen (secondary N) is 1. The lowest BCUT2D eigenvalue weighted by atomic mass is 10.2. The van der Waals surface area contributed by atoms with Crippen LogP contribution in [0.4, 0.5) is 5.82 Å². The van der Waals surface area contributed by atoms with Gasteiger partial charge in [0.05, 0.1) is 37.0 Å². The van der Waals surface area contributed by atoms with Crippen molar-refractivity contribution in [2.75, 3.05) is 31.6 Å². The van der Waals surface area contributed by atoms with E-state index in [-0.39, 0.29) is 12.0 Å². The molecule has 8 heteroatoms. The number of aromatic nitrogens is 3. The van der Waals surface area contributed by atoms with Crippen molar-refractivity contribution in [2.45, 2.75) is 19.6 Å². The number of carbonyl (C=O) groups is 1. The molecular formula is C16H20ClN5O2. The lowest BCUT2D eigenvalue weighted by molar-refractivity contribution is -0.119. The molecule has 1 atom stereocenters. The molecule has 1 unspecified atom stereocenters. The van der Waals surface area contributed by atoms with Crippen molar-refractivity contribution in [3.63, 3.8) is 0 Å². The molecule has 3 rings (SSSR count). The molecule has 0 aliphatic carbocycles. The van der Waals surface area contributed by atoms with E-state index in [0.717, 1.165) is 12.1 Å². The van der Waals surface area contributed by atoms with Gasteiger partial charge in [-0.05, 0) is 24.6 Å². The van der Waals surface area contributed by atoms with Crippen LogP contribution >= 0.6 is 11.6 Å². The highest BCUT2D eigenvalue weighted by Gasteiger charge is 2.22. The van der Waals surface area contributed by atoms with Crippen LogP contribution in [0.25, 0.3) is 0 Å². The van der Waals surface area contributed by atoms with Crippen LogP contribution in [0.1, 0.15) is 5.56 Å². The molecule has 128 valence electrons. The maximum atomic E-state index is 12.1. The van der Waals surface area contributed by atoms with Crippen molar-refractivity contribution in [2.24, 2.45) is 0 Å². The first kappa shape index (κ1) is 16.9. The second kappa shape index (κ2) is 7.74. The van der Waals surface area contributed by atoms with Crippen LogP contribution in [0.2, 0.25) is 5.02 Å². The largest absolute Gasteiger partial charge is 0.374 e. The van der Waals surface area contributed by atoms with Crippen LogP contribution in [0.3, 0.4) is 0 Å². The van der Waals surface area contributed by atoms with Gasteiger partial charge in [0.1, 0.15) is 5.82 Å². The van der Waals surface area contributed by atoms with Gasteiger partial charge in [-0.2, -0.15) is 5.10 Å². The zero-order valence-corrected chi connectivity index (χ0v) is 14.2. The molecule has 7 nitrogen and oxygen atoms in total. The van der Waals surface area contributed by atoms with Gasteiger partial charge in [0.15, 0.2) is 0 Å². The van der Waals surface area contributed by atoms with E-state index in [0.29, 0.717) is 37.1 Å². The van der Waals surface area contributed by atoms with Crippen LogP contribution in [0.5, 0.6) is 0 Å². The highest BCUT2D eigenvalue weighted by atomic mass is 35.5. The molecule has 3 heterocycles. The van der Waals surface area contributed by atoms with Crippen molar-refractivity contribution in [1.82, 2.24) is 19.7 Å². The van der Waals surface area contributed by atoms with E-state index >= 15 is 0 Å². The highest BCUT2D eigenvalue weighted by Crippen LogP contribution is 2.11. The zero-order chi connectivity index (χ0) is 16.9. The van der Waals surface area contributed by atoms with E-state index in [1.165, 1.54) is 6.20 Å². The second-order valence-electron chi connectivity index (χ2n) is 5.88. The molecule has 1 N–H and O–H groups in total. The van der Waals surface area contributed by atoms with E-state index in [9.17, 15) is 4.79 Å². The van der Waals surface area contributed by atoms with Crippen molar-refractivity contribution in [3.05, 3.63) is 41.3 Å². The number of carbonyl (C=O) groups excluding carboxylic acids is 1. The number of ether oxygens (including phenoxy) is 1. The first-order valence-corrected chi connectivity index (χ1v) is 8.21. The third kappa shape index (κ3) is 4.77. The van der Waals surface area contributed by atoms with Gasteiger partial charge in [0.25, 0.3) is 0 Å². The number of hydrogen-bond acceptors (Lipinski definition) is 5. The summed E-state index contributed by atoms with van der Waals surface area (Å²) in [5, 5.41) is 7.59. The molecular weight excluding hydrogens is 330 g/mol. The fourth-order valence-corrected chi connectivity index (χ4v) is 2.76. The van der Waals surface area contributed by atoms with Gasteiger partial charge in [-0.3, -0.25) is 14.4 Å². The number of anilines is 1. The standard InChI is InChI=1S/C16H20ClN5O2/c1-12-6-19-22(8-12)10-14-9-21(4-5-24-14)11-16(23)20-15-3-2-13(17)7-18-15/h2-3,6-8,14H,4-5,9-11H2,1H3,(H,18,20,23). The Morgan fingerprint density at radius 1 is 1.46 bits per heavy atom. The van der Waals surface area contributed by atoms with Crippen molar-refractivity contribution in [1.29, 1.82) is 0 Å². The van der Waals surface area contributed by atoms with Crippen molar-refractivity contribution >= 4 is 23.3 Å². The van der Waals surface area contributed by atoms with E-state index in [2.05, 4.69) is 20.3 Å². The van der Waals surface area contributed by atoms with Gasteiger partial charge in [-0.1, -0.05) is 11.6 Å². The van der Waals surface area contributed by atoms with Gasteiger partial charge in [-0.15, -0.1) is 0 Å². The summed E-state index contributed by atoms with van der Waals surface area (Å²) in [4.78, 5) is 18.3. The van der Waals surface area contributed by atoms with Crippen molar-refractivity contribution in [3.8, 4) is 0 Å². The average molecular weight is 350 g/mol. The number of nitrogens with zero attached hydrogens (tertiary/aromatic N) is 4. The summed E-state index contributed by atoms with van der Waals surface area (Å²) in [6, 6.07) is 3.38. The maximum Gasteiger partial charge on any atom is 0.239 e. The van der Waals surface area contributed by atoms with Crippen LogP contribution in [0, 0.1) is 6.92 Å². The Hall–Kier alpha value is -1.96. The first-order chi connectivity index (χ1) is 11.6. The number of amides is 1. The molecule has 2 aromatic rings. The van der Waals surface area contributed by atoms with E-state index in [1.54, 1.807) is 12.1 Å². The van der Waals surface area contributed by atoms with E-state index < -0.39 is 0 Å². The smallest absolute Gasteiger partial charge is 0.239 e. The first-order valence-electron chi connectivity index (χ1n) is 7.83. The zero-order valence-electron chi connectivity index (χ0n) is 13.5. The second-order valence-corrected chi connectivity index (χ2v) is 6.31. The third-order valence-corrected chi connectivity index (χ3v) is 3.96. The van der Waals surface area contributed by atoms with E-state index in [4.69, 9.17) is 16.3 Å². The average Bonchev–Trinajstić information content (AvgIpc) is 2.95. The molecule has 0 saturated carbocycles. The molecule has 1 amide bonds. The lowest BCUT2D eigenvalue weighted by Gasteiger charge is -2.32. The van der Waals surface area contributed by atoms with Crippen LogP contribution in [-0.2, 0) is 16.1 Å². The molecule has 0 aromatic carbocycles. The van der Waals surface area contributed by atoms with E-state index in [1.807, 2.05) is 24.0 Å². The number of halogens is 1. The topological polar surface area (TPSA) is 72.3 Å². The summed E-state index contributed by atoms with van der Waals surface area (Å²) in [5.74, 6) is 0.404. The van der Waals surface area contributed by atoms with Crippen LogP contribution in [0.15, 0.2) is 30.7 Å². The fraction of sp³-hybridized carbons (Fsp3) is 0.438. The Morgan fingerprint density at radius 3 is 3.04 bits per heavy atom. The molecule has 0 radical (unpaired) electrons. The molecule has 0 bridgehead atoms. The molecule has 0 spiro atoms. The maximum absolute atomic E-state index is 12.1. The Bertz CT molecular complexity index is 688. The summed E-state index contributed by atoms with van der Waals surface area (Å²) in [6.45, 7) is 5.04. The van der Waals surface area contributed by atoms with Gasteiger partial charge >= 0.3 is 0 Å². The molecule has 2 aromatic heterocycles. The number of hydrogen-bond donors (Lipinski definition) is 1. The molecule has 1 aliphatic rings. The monoisotopic (exact) mass is 349 g/mol. The summed E-state index contributed by atoms with van der Waals surface area (Å²) < 4.78 is 7.65. The van der Waals surface area contributed by atoms with Gasteiger partial charge < -0.3 is 10.1 Å². The number of rotatable bonds is 5. The minimum atomic E-state index is -0.0968. The number of pyridine rings is 1.